The van der Waals surface area contributed by atoms with Crippen molar-refractivity contribution in [3.63, 3.8) is 0 Å². The molecule has 0 atom stereocenters. The highest BCUT2D eigenvalue weighted by atomic mass is 16.5. The van der Waals surface area contributed by atoms with Crippen LogP contribution in [0.3, 0.4) is 0 Å². The molecule has 0 aliphatic rings. The van der Waals surface area contributed by atoms with Gasteiger partial charge >= 0.3 is 0 Å². The van der Waals surface area contributed by atoms with Crippen LogP contribution in [0.1, 0.15) is 37.2 Å². The molecule has 5 heteroatoms. The zero-order valence-electron chi connectivity index (χ0n) is 13.4. The van der Waals surface area contributed by atoms with Crippen LogP contribution < -0.4 is 10.1 Å². The number of ether oxygens (including phenoxy) is 1. The molecule has 1 aromatic carbocycles. The zero-order chi connectivity index (χ0) is 15.9. The SMILES string of the molecule is CCCNC(=O)c1cc(-c2ccccc2OC)nn1CCC. The summed E-state index contributed by atoms with van der Waals surface area (Å²) in [6, 6.07) is 9.53. The van der Waals surface area contributed by atoms with Crippen molar-refractivity contribution >= 4 is 5.91 Å². The van der Waals surface area contributed by atoms with Gasteiger partial charge in [-0.3, -0.25) is 9.48 Å². The smallest absolute Gasteiger partial charge is 0.269 e. The normalized spacial score (nSPS) is 10.5. The Bertz CT molecular complexity index is 635. The summed E-state index contributed by atoms with van der Waals surface area (Å²) >= 11 is 0. The Morgan fingerprint density at radius 1 is 1.27 bits per heavy atom. The first-order valence-corrected chi connectivity index (χ1v) is 7.70. The summed E-state index contributed by atoms with van der Waals surface area (Å²) in [6.07, 6.45) is 1.83. The fourth-order valence-corrected chi connectivity index (χ4v) is 2.30. The van der Waals surface area contributed by atoms with Gasteiger partial charge in [0.2, 0.25) is 0 Å². The van der Waals surface area contributed by atoms with Gasteiger partial charge in [-0.1, -0.05) is 26.0 Å². The first-order chi connectivity index (χ1) is 10.7. The number of nitrogens with one attached hydrogen (secondary N) is 1. The second-order valence-corrected chi connectivity index (χ2v) is 5.09. The van der Waals surface area contributed by atoms with E-state index in [0.717, 1.165) is 29.8 Å². The fourth-order valence-electron chi connectivity index (χ4n) is 2.30. The summed E-state index contributed by atoms with van der Waals surface area (Å²) in [5, 5.41) is 7.49. The average Bonchev–Trinajstić information content (AvgIpc) is 2.96. The van der Waals surface area contributed by atoms with Crippen LogP contribution in [0.5, 0.6) is 5.75 Å². The summed E-state index contributed by atoms with van der Waals surface area (Å²) in [5.74, 6) is 0.674. The van der Waals surface area contributed by atoms with E-state index in [1.165, 1.54) is 0 Å². The van der Waals surface area contributed by atoms with Gasteiger partial charge in [-0.15, -0.1) is 0 Å². The van der Waals surface area contributed by atoms with Crippen LogP contribution >= 0.6 is 0 Å². The van der Waals surface area contributed by atoms with Gasteiger partial charge in [0.25, 0.3) is 5.91 Å². The van der Waals surface area contributed by atoms with Crippen LogP contribution in [0.15, 0.2) is 30.3 Å². The molecule has 0 aliphatic carbocycles. The maximum absolute atomic E-state index is 12.3. The summed E-state index contributed by atoms with van der Waals surface area (Å²) < 4.78 is 7.16. The maximum atomic E-state index is 12.3. The van der Waals surface area contributed by atoms with Gasteiger partial charge in [-0.25, -0.2) is 0 Å². The lowest BCUT2D eigenvalue weighted by molar-refractivity contribution is 0.0942. The predicted molar refractivity (Wildman–Crippen MR) is 87.1 cm³/mol. The van der Waals surface area contributed by atoms with Crippen LogP contribution in [0.2, 0.25) is 0 Å². The highest BCUT2D eigenvalue weighted by Crippen LogP contribution is 2.29. The van der Waals surface area contributed by atoms with Crippen LogP contribution in [0, 0.1) is 0 Å². The average molecular weight is 301 g/mol. The molecule has 5 nitrogen and oxygen atoms in total. The fraction of sp³-hybridized carbons (Fsp3) is 0.412. The zero-order valence-corrected chi connectivity index (χ0v) is 13.4. The van der Waals surface area contributed by atoms with Crippen molar-refractivity contribution < 1.29 is 9.53 Å². The van der Waals surface area contributed by atoms with E-state index in [4.69, 9.17) is 4.74 Å². The second-order valence-electron chi connectivity index (χ2n) is 5.09. The van der Waals surface area contributed by atoms with Crippen molar-refractivity contribution in [2.24, 2.45) is 0 Å². The van der Waals surface area contributed by atoms with E-state index in [2.05, 4.69) is 17.3 Å². The highest BCUT2D eigenvalue weighted by Gasteiger charge is 2.17. The van der Waals surface area contributed by atoms with Crippen molar-refractivity contribution in [3.05, 3.63) is 36.0 Å². The standard InChI is InChI=1S/C17H23N3O2/c1-4-10-18-17(21)15-12-14(19-20(15)11-5-2)13-8-6-7-9-16(13)22-3/h6-9,12H,4-5,10-11H2,1-3H3,(H,18,21). The Labute approximate surface area is 131 Å². The number of para-hydroxylation sites is 1. The van der Waals surface area contributed by atoms with E-state index < -0.39 is 0 Å². The monoisotopic (exact) mass is 301 g/mol. The van der Waals surface area contributed by atoms with Crippen LogP contribution in [0.25, 0.3) is 11.3 Å². The number of aryl methyl sites for hydroxylation is 1. The van der Waals surface area contributed by atoms with E-state index in [1.807, 2.05) is 37.3 Å². The Kier molecular flexibility index (Phi) is 5.58. The quantitative estimate of drug-likeness (QED) is 0.855. The Hall–Kier alpha value is -2.30. The summed E-state index contributed by atoms with van der Waals surface area (Å²) in [6.45, 7) is 5.48. The number of amides is 1. The molecule has 1 N–H and O–H groups in total. The molecular formula is C17H23N3O2. The molecular weight excluding hydrogens is 278 g/mol. The third kappa shape index (κ3) is 3.47. The minimum absolute atomic E-state index is 0.0797. The van der Waals surface area contributed by atoms with Crippen molar-refractivity contribution in [1.29, 1.82) is 0 Å². The number of carbonyl (C=O) groups excluding carboxylic acids is 1. The molecule has 0 radical (unpaired) electrons. The minimum atomic E-state index is -0.0797. The second kappa shape index (κ2) is 7.64. The van der Waals surface area contributed by atoms with Crippen molar-refractivity contribution in [2.75, 3.05) is 13.7 Å². The van der Waals surface area contributed by atoms with Gasteiger partial charge in [0.15, 0.2) is 0 Å². The largest absolute Gasteiger partial charge is 0.496 e. The molecule has 1 amide bonds. The van der Waals surface area contributed by atoms with Gasteiger partial charge in [-0.2, -0.15) is 5.10 Å². The number of methoxy groups -OCH3 is 1. The third-order valence-corrected chi connectivity index (χ3v) is 3.37. The van der Waals surface area contributed by atoms with E-state index in [0.29, 0.717) is 18.8 Å². The van der Waals surface area contributed by atoms with Gasteiger partial charge in [0, 0.05) is 18.7 Å². The molecule has 2 aromatic rings. The van der Waals surface area contributed by atoms with Crippen LogP contribution in [-0.2, 0) is 6.54 Å². The van der Waals surface area contributed by atoms with Crippen molar-refractivity contribution in [2.45, 2.75) is 33.2 Å². The lowest BCUT2D eigenvalue weighted by Crippen LogP contribution is -2.26. The van der Waals surface area contributed by atoms with Gasteiger partial charge in [-0.05, 0) is 31.0 Å². The van der Waals surface area contributed by atoms with Crippen molar-refractivity contribution in [3.8, 4) is 17.0 Å². The number of nitrogens with zero attached hydrogens (tertiary/aromatic N) is 2. The Morgan fingerprint density at radius 2 is 2.05 bits per heavy atom. The molecule has 22 heavy (non-hydrogen) atoms. The topological polar surface area (TPSA) is 56.1 Å². The van der Waals surface area contributed by atoms with Crippen LogP contribution in [-0.4, -0.2) is 29.3 Å². The number of carbonyl (C=O) groups is 1. The number of aromatic nitrogens is 2. The third-order valence-electron chi connectivity index (χ3n) is 3.37. The lowest BCUT2D eigenvalue weighted by atomic mass is 10.1. The number of hydrogen-bond acceptors (Lipinski definition) is 3. The Balaban J connectivity index is 2.39. The predicted octanol–water partition coefficient (Wildman–Crippen LogP) is 3.11. The van der Waals surface area contributed by atoms with E-state index >= 15 is 0 Å². The molecule has 0 bridgehead atoms. The number of rotatable bonds is 7. The molecule has 0 unspecified atom stereocenters. The molecule has 1 aromatic heterocycles. The Morgan fingerprint density at radius 3 is 2.73 bits per heavy atom. The first-order valence-electron chi connectivity index (χ1n) is 7.70. The minimum Gasteiger partial charge on any atom is -0.496 e. The van der Waals surface area contributed by atoms with Crippen molar-refractivity contribution in [1.82, 2.24) is 15.1 Å². The summed E-state index contributed by atoms with van der Waals surface area (Å²) in [5.41, 5.74) is 2.24. The van der Waals surface area contributed by atoms with Gasteiger partial charge in [0.05, 0.1) is 12.8 Å². The number of benzene rings is 1. The summed E-state index contributed by atoms with van der Waals surface area (Å²) in [4.78, 5) is 12.3. The molecule has 1 heterocycles. The van der Waals surface area contributed by atoms with E-state index in [-0.39, 0.29) is 5.91 Å². The molecule has 2 rings (SSSR count). The summed E-state index contributed by atoms with van der Waals surface area (Å²) in [7, 11) is 1.64. The molecule has 0 saturated carbocycles. The highest BCUT2D eigenvalue weighted by molar-refractivity contribution is 5.93. The molecule has 0 aliphatic heterocycles. The maximum Gasteiger partial charge on any atom is 0.269 e. The van der Waals surface area contributed by atoms with Gasteiger partial charge in [0.1, 0.15) is 11.4 Å². The molecule has 0 fully saturated rings. The first kappa shape index (κ1) is 16.1. The molecule has 0 spiro atoms. The van der Waals surface area contributed by atoms with E-state index in [1.54, 1.807) is 11.8 Å². The lowest BCUT2D eigenvalue weighted by Gasteiger charge is -2.06. The molecule has 0 saturated heterocycles. The van der Waals surface area contributed by atoms with Gasteiger partial charge < -0.3 is 10.1 Å². The van der Waals surface area contributed by atoms with Crippen LogP contribution in [0.4, 0.5) is 0 Å². The molecule has 118 valence electrons. The number of hydrogen-bond donors (Lipinski definition) is 1. The van der Waals surface area contributed by atoms with E-state index in [9.17, 15) is 4.79 Å².